The molecule has 0 saturated heterocycles. The Morgan fingerprint density at radius 3 is 2.88 bits per heavy atom. The highest BCUT2D eigenvalue weighted by molar-refractivity contribution is 5.99. The summed E-state index contributed by atoms with van der Waals surface area (Å²) in [5.41, 5.74) is 6.10. The van der Waals surface area contributed by atoms with Crippen molar-refractivity contribution in [3.8, 4) is 17.0 Å². The number of ether oxygens (including phenoxy) is 1. The number of rotatable bonds is 4. The van der Waals surface area contributed by atoms with Crippen LogP contribution in [0.1, 0.15) is 41.9 Å². The number of carbonyl (C=O) groups excluding carboxylic acids is 1. The molecular formula is C26H27FN4O2. The van der Waals surface area contributed by atoms with E-state index in [2.05, 4.69) is 33.5 Å². The van der Waals surface area contributed by atoms with E-state index in [1.807, 2.05) is 26.8 Å². The van der Waals surface area contributed by atoms with Crippen LogP contribution in [0.4, 0.5) is 10.1 Å². The molecule has 0 saturated carbocycles. The van der Waals surface area contributed by atoms with Crippen LogP contribution in [0.2, 0.25) is 0 Å². The molecule has 0 spiro atoms. The SMILES string of the molecule is Cc1cc(-c2nc(Cc3ccc4c(c3)CCNC4)ncc2F)cc2c1OCC(=O)N2C(C)C. The molecule has 170 valence electrons. The fourth-order valence-electron chi connectivity index (χ4n) is 4.68. The molecule has 7 heteroatoms. The quantitative estimate of drug-likeness (QED) is 0.657. The number of aromatic nitrogens is 2. The zero-order valence-corrected chi connectivity index (χ0v) is 19.1. The number of nitrogens with one attached hydrogen (secondary N) is 1. The summed E-state index contributed by atoms with van der Waals surface area (Å²) in [6.07, 6.45) is 2.76. The van der Waals surface area contributed by atoms with Gasteiger partial charge in [0, 0.05) is 24.6 Å². The standard InChI is InChI=1S/C26H27FN4O2/c1-15(2)31-22-11-20(8-16(3)26(22)33-14-24(31)32)25-21(27)13-29-23(30-25)10-17-4-5-19-12-28-7-6-18(19)9-17/h4-5,8-9,11,13,15,28H,6-7,10,12,14H2,1-3H3. The first-order valence-corrected chi connectivity index (χ1v) is 11.3. The predicted molar refractivity (Wildman–Crippen MR) is 125 cm³/mol. The maximum Gasteiger partial charge on any atom is 0.265 e. The molecule has 1 amide bonds. The summed E-state index contributed by atoms with van der Waals surface area (Å²) in [4.78, 5) is 23.0. The second-order valence-electron chi connectivity index (χ2n) is 8.98. The van der Waals surface area contributed by atoms with E-state index in [-0.39, 0.29) is 24.2 Å². The van der Waals surface area contributed by atoms with Gasteiger partial charge >= 0.3 is 0 Å². The zero-order chi connectivity index (χ0) is 23.1. The molecule has 0 radical (unpaired) electrons. The van der Waals surface area contributed by atoms with Crippen molar-refractivity contribution in [3.63, 3.8) is 0 Å². The summed E-state index contributed by atoms with van der Waals surface area (Å²) in [7, 11) is 0. The van der Waals surface area contributed by atoms with Crippen LogP contribution in [0, 0.1) is 12.7 Å². The first-order valence-electron chi connectivity index (χ1n) is 11.3. The first-order chi connectivity index (χ1) is 15.9. The van der Waals surface area contributed by atoms with Gasteiger partial charge in [-0.05, 0) is 68.1 Å². The van der Waals surface area contributed by atoms with Gasteiger partial charge in [-0.25, -0.2) is 14.4 Å². The number of aryl methyl sites for hydroxylation is 1. The predicted octanol–water partition coefficient (Wildman–Crippen LogP) is 3.96. The molecule has 0 atom stereocenters. The highest BCUT2D eigenvalue weighted by Gasteiger charge is 2.30. The maximum atomic E-state index is 14.9. The molecule has 33 heavy (non-hydrogen) atoms. The van der Waals surface area contributed by atoms with Crippen molar-refractivity contribution >= 4 is 11.6 Å². The molecule has 2 aliphatic rings. The Labute approximate surface area is 192 Å². The Morgan fingerprint density at radius 2 is 2.06 bits per heavy atom. The number of anilines is 1. The average Bonchev–Trinajstić information content (AvgIpc) is 2.79. The van der Waals surface area contributed by atoms with Crippen LogP contribution in [0.3, 0.4) is 0 Å². The van der Waals surface area contributed by atoms with E-state index in [1.165, 1.54) is 17.3 Å². The Kier molecular flexibility index (Phi) is 5.58. The van der Waals surface area contributed by atoms with E-state index in [0.717, 1.165) is 30.6 Å². The van der Waals surface area contributed by atoms with Gasteiger partial charge in [-0.15, -0.1) is 0 Å². The number of hydrogen-bond donors (Lipinski definition) is 1. The average molecular weight is 447 g/mol. The minimum Gasteiger partial charge on any atom is -0.481 e. The van der Waals surface area contributed by atoms with Crippen molar-refractivity contribution in [2.24, 2.45) is 0 Å². The molecule has 0 fully saturated rings. The second-order valence-corrected chi connectivity index (χ2v) is 8.98. The highest BCUT2D eigenvalue weighted by atomic mass is 19.1. The number of amides is 1. The number of benzene rings is 2. The molecule has 5 rings (SSSR count). The van der Waals surface area contributed by atoms with E-state index in [1.54, 1.807) is 11.0 Å². The van der Waals surface area contributed by atoms with Crippen LogP contribution in [0.15, 0.2) is 36.5 Å². The van der Waals surface area contributed by atoms with Gasteiger partial charge in [0.15, 0.2) is 12.4 Å². The van der Waals surface area contributed by atoms with E-state index in [9.17, 15) is 9.18 Å². The lowest BCUT2D eigenvalue weighted by Crippen LogP contribution is -2.43. The lowest BCUT2D eigenvalue weighted by Gasteiger charge is -2.33. The van der Waals surface area contributed by atoms with Crippen molar-refractivity contribution in [1.29, 1.82) is 0 Å². The van der Waals surface area contributed by atoms with Crippen LogP contribution >= 0.6 is 0 Å². The van der Waals surface area contributed by atoms with Crippen molar-refractivity contribution in [3.05, 3.63) is 70.4 Å². The fourth-order valence-corrected chi connectivity index (χ4v) is 4.68. The molecule has 3 heterocycles. The van der Waals surface area contributed by atoms with Crippen molar-refractivity contribution in [2.75, 3.05) is 18.1 Å². The molecule has 6 nitrogen and oxygen atoms in total. The Balaban J connectivity index is 1.51. The third-order valence-corrected chi connectivity index (χ3v) is 6.23. The summed E-state index contributed by atoms with van der Waals surface area (Å²) >= 11 is 0. The smallest absolute Gasteiger partial charge is 0.265 e. The fraction of sp³-hybridized carbons (Fsp3) is 0.346. The lowest BCUT2D eigenvalue weighted by atomic mass is 9.97. The Morgan fingerprint density at radius 1 is 1.21 bits per heavy atom. The maximum absolute atomic E-state index is 14.9. The number of halogens is 1. The molecule has 1 N–H and O–H groups in total. The van der Waals surface area contributed by atoms with Gasteiger partial charge in [-0.3, -0.25) is 4.79 Å². The van der Waals surface area contributed by atoms with Crippen molar-refractivity contribution < 1.29 is 13.9 Å². The van der Waals surface area contributed by atoms with E-state index >= 15 is 0 Å². The van der Waals surface area contributed by atoms with Gasteiger partial charge in [-0.2, -0.15) is 0 Å². The first kappa shape index (κ1) is 21.5. The Bertz CT molecular complexity index is 1240. The number of nitrogens with zero attached hydrogens (tertiary/aromatic N) is 3. The molecule has 0 aliphatic carbocycles. The van der Waals surface area contributed by atoms with Crippen LogP contribution < -0.4 is 15.0 Å². The summed E-state index contributed by atoms with van der Waals surface area (Å²) in [6, 6.07) is 10.0. The largest absolute Gasteiger partial charge is 0.481 e. The van der Waals surface area contributed by atoms with Gasteiger partial charge in [-0.1, -0.05) is 18.2 Å². The highest BCUT2D eigenvalue weighted by Crippen LogP contribution is 2.40. The molecule has 1 aromatic heterocycles. The summed E-state index contributed by atoms with van der Waals surface area (Å²) in [5.74, 6) is 0.614. The minimum atomic E-state index is -0.492. The molecule has 2 aromatic carbocycles. The number of carbonyl (C=O) groups is 1. The van der Waals surface area contributed by atoms with Gasteiger partial charge < -0.3 is 15.0 Å². The van der Waals surface area contributed by atoms with Crippen molar-refractivity contribution in [1.82, 2.24) is 15.3 Å². The summed E-state index contributed by atoms with van der Waals surface area (Å²) < 4.78 is 20.6. The monoisotopic (exact) mass is 446 g/mol. The number of fused-ring (bicyclic) bond motifs is 2. The van der Waals surface area contributed by atoms with Crippen LogP contribution in [-0.4, -0.2) is 35.1 Å². The molecule has 2 aliphatic heterocycles. The lowest BCUT2D eigenvalue weighted by molar-refractivity contribution is -0.121. The molecule has 3 aromatic rings. The Hall–Kier alpha value is -3.32. The van der Waals surface area contributed by atoms with Crippen molar-refractivity contribution in [2.45, 2.75) is 46.2 Å². The van der Waals surface area contributed by atoms with E-state index in [0.29, 0.717) is 29.2 Å². The van der Waals surface area contributed by atoms with E-state index < -0.39 is 5.82 Å². The topological polar surface area (TPSA) is 67.4 Å². The third-order valence-electron chi connectivity index (χ3n) is 6.23. The van der Waals surface area contributed by atoms with Crippen LogP contribution in [0.5, 0.6) is 5.75 Å². The number of hydrogen-bond acceptors (Lipinski definition) is 5. The van der Waals surface area contributed by atoms with Gasteiger partial charge in [0.05, 0.1) is 11.9 Å². The van der Waals surface area contributed by atoms with Gasteiger partial charge in [0.2, 0.25) is 0 Å². The van der Waals surface area contributed by atoms with Gasteiger partial charge in [0.25, 0.3) is 5.91 Å². The zero-order valence-electron chi connectivity index (χ0n) is 19.1. The molecule has 0 bridgehead atoms. The van der Waals surface area contributed by atoms with Crippen LogP contribution in [0.25, 0.3) is 11.3 Å². The van der Waals surface area contributed by atoms with E-state index in [4.69, 9.17) is 4.74 Å². The molecular weight excluding hydrogens is 419 g/mol. The second kappa shape index (κ2) is 8.56. The molecule has 0 unspecified atom stereocenters. The summed E-state index contributed by atoms with van der Waals surface area (Å²) in [6.45, 7) is 7.68. The van der Waals surface area contributed by atoms with Gasteiger partial charge in [0.1, 0.15) is 17.3 Å². The minimum absolute atomic E-state index is 0.00816. The van der Waals surface area contributed by atoms with Crippen LogP contribution in [-0.2, 0) is 24.2 Å². The summed E-state index contributed by atoms with van der Waals surface area (Å²) in [5, 5.41) is 3.38. The normalized spacial score (nSPS) is 15.3. The third kappa shape index (κ3) is 4.09.